The summed E-state index contributed by atoms with van der Waals surface area (Å²) < 4.78 is 7.39. The van der Waals surface area contributed by atoms with Crippen LogP contribution >= 0.6 is 0 Å². The lowest BCUT2D eigenvalue weighted by Gasteiger charge is -2.24. The number of amides is 1. The molecule has 0 aromatic carbocycles. The van der Waals surface area contributed by atoms with Gasteiger partial charge in [-0.1, -0.05) is 0 Å². The molecule has 130 valence electrons. The summed E-state index contributed by atoms with van der Waals surface area (Å²) in [6.45, 7) is 7.50. The fraction of sp³-hybridized carbons (Fsp3) is 0.588. The van der Waals surface area contributed by atoms with Crippen molar-refractivity contribution in [3.63, 3.8) is 0 Å². The van der Waals surface area contributed by atoms with Gasteiger partial charge < -0.3 is 19.3 Å². The van der Waals surface area contributed by atoms with E-state index in [1.165, 1.54) is 0 Å². The van der Waals surface area contributed by atoms with Crippen molar-refractivity contribution in [1.82, 2.24) is 19.4 Å². The predicted octanol–water partition coefficient (Wildman–Crippen LogP) is 2.18. The van der Waals surface area contributed by atoms with Gasteiger partial charge >= 0.3 is 6.09 Å². The van der Waals surface area contributed by atoms with E-state index in [4.69, 9.17) is 4.74 Å². The number of carbonyl (C=O) groups excluding carboxylic acids is 1. The van der Waals surface area contributed by atoms with Gasteiger partial charge in [-0.15, -0.1) is 0 Å². The third-order valence-electron chi connectivity index (χ3n) is 4.10. The van der Waals surface area contributed by atoms with Crippen molar-refractivity contribution in [2.75, 3.05) is 13.1 Å². The van der Waals surface area contributed by atoms with Crippen molar-refractivity contribution in [2.24, 2.45) is 5.92 Å². The lowest BCUT2D eigenvalue weighted by molar-refractivity contribution is 0.0287. The first-order chi connectivity index (χ1) is 11.4. The number of imidazole rings is 1. The first kappa shape index (κ1) is 16.7. The Morgan fingerprint density at radius 3 is 2.96 bits per heavy atom. The van der Waals surface area contributed by atoms with Crippen molar-refractivity contribution in [2.45, 2.75) is 45.9 Å². The van der Waals surface area contributed by atoms with Crippen LogP contribution in [0, 0.1) is 5.92 Å². The molecule has 0 radical (unpaired) electrons. The number of pyridine rings is 1. The zero-order valence-corrected chi connectivity index (χ0v) is 14.4. The SMILES string of the molecule is CC(C)(C)OC(=O)N1CC[C@H](Cn2c(CO)nc3cccnc32)C1. The van der Waals surface area contributed by atoms with Crippen LogP contribution in [0.25, 0.3) is 11.2 Å². The molecule has 1 atom stereocenters. The Balaban J connectivity index is 1.71. The van der Waals surface area contributed by atoms with Gasteiger partial charge in [-0.05, 0) is 45.2 Å². The molecule has 0 unspecified atom stereocenters. The van der Waals surface area contributed by atoms with Gasteiger partial charge in [0.1, 0.15) is 23.5 Å². The molecule has 0 spiro atoms. The molecule has 0 saturated carbocycles. The summed E-state index contributed by atoms with van der Waals surface area (Å²) in [5.41, 5.74) is 1.07. The molecule has 1 aliphatic rings. The van der Waals surface area contributed by atoms with Crippen molar-refractivity contribution in [3.05, 3.63) is 24.2 Å². The number of nitrogens with zero attached hydrogens (tertiary/aromatic N) is 4. The van der Waals surface area contributed by atoms with Gasteiger partial charge in [-0.25, -0.2) is 14.8 Å². The van der Waals surface area contributed by atoms with Crippen LogP contribution in [0.4, 0.5) is 4.79 Å². The average Bonchev–Trinajstić information content (AvgIpc) is 3.11. The number of hydrogen-bond donors (Lipinski definition) is 1. The summed E-state index contributed by atoms with van der Waals surface area (Å²) in [7, 11) is 0. The highest BCUT2D eigenvalue weighted by atomic mass is 16.6. The van der Waals surface area contributed by atoms with E-state index in [1.54, 1.807) is 11.1 Å². The normalized spacial score (nSPS) is 18.3. The number of aromatic nitrogens is 3. The van der Waals surface area contributed by atoms with Crippen molar-refractivity contribution in [3.8, 4) is 0 Å². The maximum atomic E-state index is 12.2. The van der Waals surface area contributed by atoms with E-state index < -0.39 is 5.60 Å². The average molecular weight is 332 g/mol. The van der Waals surface area contributed by atoms with Gasteiger partial charge in [0.25, 0.3) is 0 Å². The molecule has 2 aromatic heterocycles. The number of aliphatic hydroxyl groups is 1. The molecule has 2 aromatic rings. The Morgan fingerprint density at radius 2 is 2.25 bits per heavy atom. The van der Waals surface area contributed by atoms with Gasteiger partial charge in [-0.3, -0.25) is 0 Å². The molecular formula is C17H24N4O3. The Kier molecular flexibility index (Phi) is 4.45. The van der Waals surface area contributed by atoms with Crippen LogP contribution in [0.3, 0.4) is 0 Å². The summed E-state index contributed by atoms with van der Waals surface area (Å²) >= 11 is 0. The van der Waals surface area contributed by atoms with E-state index >= 15 is 0 Å². The quantitative estimate of drug-likeness (QED) is 0.932. The fourth-order valence-corrected chi connectivity index (χ4v) is 3.05. The van der Waals surface area contributed by atoms with Crippen LogP contribution in [0.5, 0.6) is 0 Å². The number of likely N-dealkylation sites (tertiary alicyclic amines) is 1. The predicted molar refractivity (Wildman–Crippen MR) is 89.4 cm³/mol. The van der Waals surface area contributed by atoms with Crippen LogP contribution in [-0.4, -0.2) is 49.3 Å². The number of carbonyl (C=O) groups is 1. The lowest BCUT2D eigenvalue weighted by atomic mass is 10.1. The Morgan fingerprint density at radius 1 is 1.46 bits per heavy atom. The van der Waals surface area contributed by atoms with E-state index in [9.17, 15) is 9.90 Å². The Labute approximate surface area is 141 Å². The number of fused-ring (bicyclic) bond motifs is 1. The van der Waals surface area contributed by atoms with Gasteiger partial charge in [0.2, 0.25) is 0 Å². The maximum Gasteiger partial charge on any atom is 0.410 e. The third-order valence-corrected chi connectivity index (χ3v) is 4.10. The van der Waals surface area contributed by atoms with Gasteiger partial charge in [0.05, 0.1) is 0 Å². The Bertz CT molecular complexity index is 735. The van der Waals surface area contributed by atoms with Crippen molar-refractivity contribution >= 4 is 17.3 Å². The minimum Gasteiger partial charge on any atom is -0.444 e. The molecule has 1 N–H and O–H groups in total. The highest BCUT2D eigenvalue weighted by molar-refractivity contribution is 5.71. The maximum absolute atomic E-state index is 12.2. The third kappa shape index (κ3) is 3.51. The monoisotopic (exact) mass is 332 g/mol. The van der Waals surface area contributed by atoms with Gasteiger partial charge in [0.15, 0.2) is 5.65 Å². The lowest BCUT2D eigenvalue weighted by Crippen LogP contribution is -2.35. The molecular weight excluding hydrogens is 308 g/mol. The van der Waals surface area contributed by atoms with Crippen molar-refractivity contribution < 1.29 is 14.6 Å². The smallest absolute Gasteiger partial charge is 0.410 e. The van der Waals surface area contributed by atoms with Crippen molar-refractivity contribution in [1.29, 1.82) is 0 Å². The molecule has 24 heavy (non-hydrogen) atoms. The first-order valence-corrected chi connectivity index (χ1v) is 8.26. The van der Waals surface area contributed by atoms with Crippen LogP contribution in [0.2, 0.25) is 0 Å². The van der Waals surface area contributed by atoms with Crippen LogP contribution in [0.15, 0.2) is 18.3 Å². The van der Waals surface area contributed by atoms with Crippen LogP contribution in [-0.2, 0) is 17.9 Å². The van der Waals surface area contributed by atoms with Gasteiger partial charge in [-0.2, -0.15) is 0 Å². The second-order valence-electron chi connectivity index (χ2n) is 7.22. The van der Waals surface area contributed by atoms with E-state index in [1.807, 2.05) is 37.5 Å². The molecule has 7 heteroatoms. The molecule has 7 nitrogen and oxygen atoms in total. The standard InChI is InChI=1S/C17H24N4O3/c1-17(2,3)24-16(23)20-8-6-12(9-20)10-21-14(11-22)19-13-5-4-7-18-15(13)21/h4-5,7,12,22H,6,8-11H2,1-3H3/t12-/m0/s1. The summed E-state index contributed by atoms with van der Waals surface area (Å²) in [5, 5.41) is 9.57. The highest BCUT2D eigenvalue weighted by Gasteiger charge is 2.30. The molecule has 3 heterocycles. The van der Waals surface area contributed by atoms with Crippen LogP contribution in [0.1, 0.15) is 33.0 Å². The molecule has 0 aliphatic carbocycles. The van der Waals surface area contributed by atoms with Crippen LogP contribution < -0.4 is 0 Å². The fourth-order valence-electron chi connectivity index (χ4n) is 3.05. The molecule has 1 saturated heterocycles. The zero-order chi connectivity index (χ0) is 17.3. The summed E-state index contributed by atoms with van der Waals surface area (Å²) in [5.74, 6) is 0.904. The summed E-state index contributed by atoms with van der Waals surface area (Å²) in [6, 6.07) is 3.72. The number of hydrogen-bond acceptors (Lipinski definition) is 5. The highest BCUT2D eigenvalue weighted by Crippen LogP contribution is 2.23. The van der Waals surface area contributed by atoms with E-state index in [0.29, 0.717) is 31.4 Å². The second-order valence-corrected chi connectivity index (χ2v) is 7.22. The topological polar surface area (TPSA) is 80.5 Å². The number of ether oxygens (including phenoxy) is 1. The van der Waals surface area contributed by atoms with E-state index in [-0.39, 0.29) is 12.7 Å². The largest absolute Gasteiger partial charge is 0.444 e. The Hall–Kier alpha value is -2.15. The minimum absolute atomic E-state index is 0.126. The first-order valence-electron chi connectivity index (χ1n) is 8.26. The van der Waals surface area contributed by atoms with Gasteiger partial charge in [0, 0.05) is 25.8 Å². The molecule has 3 rings (SSSR count). The second kappa shape index (κ2) is 6.39. The molecule has 1 fully saturated rings. The summed E-state index contributed by atoms with van der Waals surface area (Å²) in [4.78, 5) is 22.7. The molecule has 0 bridgehead atoms. The zero-order valence-electron chi connectivity index (χ0n) is 14.4. The molecule has 1 amide bonds. The van der Waals surface area contributed by atoms with E-state index in [2.05, 4.69) is 9.97 Å². The number of aliphatic hydroxyl groups excluding tert-OH is 1. The van der Waals surface area contributed by atoms with E-state index in [0.717, 1.165) is 17.6 Å². The number of rotatable bonds is 3. The molecule has 1 aliphatic heterocycles. The summed E-state index contributed by atoms with van der Waals surface area (Å²) in [6.07, 6.45) is 2.36. The minimum atomic E-state index is -0.482.